The highest BCUT2D eigenvalue weighted by Crippen LogP contribution is 2.27. The van der Waals surface area contributed by atoms with Crippen LogP contribution < -0.4 is 16.0 Å². The zero-order valence-corrected chi connectivity index (χ0v) is 18.6. The normalized spacial score (nSPS) is 18.2. The first-order chi connectivity index (χ1) is 15.5. The van der Waals surface area contributed by atoms with Crippen LogP contribution in [0.15, 0.2) is 18.2 Å². The van der Waals surface area contributed by atoms with E-state index in [0.717, 1.165) is 36.8 Å². The van der Waals surface area contributed by atoms with E-state index in [4.69, 9.17) is 11.6 Å². The first-order valence-corrected chi connectivity index (χ1v) is 10.9. The second-order valence-electron chi connectivity index (χ2n) is 7.74. The number of amides is 1. The number of aromatic nitrogens is 7. The van der Waals surface area contributed by atoms with E-state index < -0.39 is 0 Å². The molecule has 1 amide bonds. The van der Waals surface area contributed by atoms with Crippen LogP contribution in [0, 0.1) is 12.8 Å². The lowest BCUT2D eigenvalue weighted by Gasteiger charge is -2.29. The number of anilines is 2. The van der Waals surface area contributed by atoms with Gasteiger partial charge in [-0.25, -0.2) is 0 Å². The van der Waals surface area contributed by atoms with Gasteiger partial charge in [-0.1, -0.05) is 30.2 Å². The fourth-order valence-corrected chi connectivity index (χ4v) is 4.09. The average Bonchev–Trinajstić information content (AvgIpc) is 3.33. The highest BCUT2D eigenvalue weighted by atomic mass is 35.5. The molecule has 0 spiro atoms. The lowest BCUT2D eigenvalue weighted by atomic mass is 9.85. The van der Waals surface area contributed by atoms with E-state index in [0.29, 0.717) is 35.1 Å². The van der Waals surface area contributed by atoms with Gasteiger partial charge in [0.2, 0.25) is 23.6 Å². The van der Waals surface area contributed by atoms with Crippen molar-refractivity contribution in [1.82, 2.24) is 40.9 Å². The van der Waals surface area contributed by atoms with Gasteiger partial charge in [0.25, 0.3) is 0 Å². The largest absolute Gasteiger partial charge is 0.357 e. The van der Waals surface area contributed by atoms with Crippen LogP contribution >= 0.6 is 11.6 Å². The number of benzene rings is 1. The second-order valence-corrected chi connectivity index (χ2v) is 8.15. The Bertz CT molecular complexity index is 1070. The van der Waals surface area contributed by atoms with Crippen LogP contribution in [-0.4, -0.2) is 54.6 Å². The minimum atomic E-state index is -0.0784. The fraction of sp³-hybridized carbons (Fsp3) is 0.450. The topological polar surface area (TPSA) is 146 Å². The minimum Gasteiger partial charge on any atom is -0.357 e. The van der Waals surface area contributed by atoms with Crippen molar-refractivity contribution in [3.63, 3.8) is 0 Å². The maximum absolute atomic E-state index is 12.8. The Kier molecular flexibility index (Phi) is 6.74. The van der Waals surface area contributed by atoms with Crippen molar-refractivity contribution in [2.45, 2.75) is 45.2 Å². The van der Waals surface area contributed by atoms with Crippen molar-refractivity contribution in [3.8, 4) is 11.4 Å². The molecular formula is C20H25ClN10O. The summed E-state index contributed by atoms with van der Waals surface area (Å²) in [6, 6.07) is 5.62. The number of hydrogen-bond donors (Lipinski definition) is 4. The highest BCUT2D eigenvalue weighted by molar-refractivity contribution is 6.31. The van der Waals surface area contributed by atoms with Gasteiger partial charge in [-0.15, -0.1) is 10.2 Å². The summed E-state index contributed by atoms with van der Waals surface area (Å²) < 4.78 is 0. The van der Waals surface area contributed by atoms with Crippen molar-refractivity contribution < 1.29 is 4.79 Å². The third-order valence-corrected chi connectivity index (χ3v) is 5.81. The molecule has 32 heavy (non-hydrogen) atoms. The third-order valence-electron chi connectivity index (χ3n) is 5.46. The number of tetrazole rings is 1. The molecule has 168 valence electrons. The highest BCUT2D eigenvalue weighted by Gasteiger charge is 2.28. The summed E-state index contributed by atoms with van der Waals surface area (Å²) in [5.74, 6) is 2.11. The Morgan fingerprint density at radius 2 is 2.06 bits per heavy atom. The fourth-order valence-electron chi connectivity index (χ4n) is 3.84. The molecule has 4 N–H and O–H groups in total. The molecular weight excluding hydrogens is 432 g/mol. The van der Waals surface area contributed by atoms with Gasteiger partial charge in [0.05, 0.1) is 0 Å². The molecule has 0 bridgehead atoms. The Morgan fingerprint density at radius 3 is 2.81 bits per heavy atom. The van der Waals surface area contributed by atoms with E-state index in [9.17, 15) is 4.79 Å². The van der Waals surface area contributed by atoms with Crippen LogP contribution in [0.4, 0.5) is 11.9 Å². The number of aromatic amines is 1. The molecule has 0 saturated heterocycles. The van der Waals surface area contributed by atoms with Gasteiger partial charge in [-0.3, -0.25) is 4.79 Å². The van der Waals surface area contributed by atoms with Crippen molar-refractivity contribution in [3.05, 3.63) is 34.6 Å². The number of hydrogen-bond acceptors (Lipinski definition) is 9. The van der Waals surface area contributed by atoms with Crippen LogP contribution in [0.1, 0.15) is 37.1 Å². The van der Waals surface area contributed by atoms with Crippen molar-refractivity contribution in [1.29, 1.82) is 0 Å². The van der Waals surface area contributed by atoms with Gasteiger partial charge >= 0.3 is 0 Å². The summed E-state index contributed by atoms with van der Waals surface area (Å²) >= 11 is 6.39. The summed E-state index contributed by atoms with van der Waals surface area (Å²) in [6.45, 7) is 2.18. The van der Waals surface area contributed by atoms with Crippen LogP contribution in [0.3, 0.4) is 0 Å². The van der Waals surface area contributed by atoms with Crippen molar-refractivity contribution >= 4 is 29.4 Å². The summed E-state index contributed by atoms with van der Waals surface area (Å²) in [5, 5.41) is 23.7. The lowest BCUT2D eigenvalue weighted by Crippen LogP contribution is -2.37. The number of nitrogens with one attached hydrogen (secondary N) is 4. The Morgan fingerprint density at radius 1 is 1.22 bits per heavy atom. The molecule has 1 fully saturated rings. The number of carbonyl (C=O) groups excluding carboxylic acids is 1. The van der Waals surface area contributed by atoms with Gasteiger partial charge in [0.1, 0.15) is 5.82 Å². The maximum Gasteiger partial charge on any atom is 0.227 e. The molecule has 2 heterocycles. The number of nitrogens with zero attached hydrogens (tertiary/aromatic N) is 6. The van der Waals surface area contributed by atoms with E-state index >= 15 is 0 Å². The van der Waals surface area contributed by atoms with Gasteiger partial charge < -0.3 is 16.0 Å². The molecule has 0 aliphatic heterocycles. The van der Waals surface area contributed by atoms with Gasteiger partial charge in [-0.05, 0) is 43.0 Å². The summed E-state index contributed by atoms with van der Waals surface area (Å²) in [7, 11) is 1.77. The molecule has 2 atom stereocenters. The van der Waals surface area contributed by atoms with E-state index in [1.807, 2.05) is 19.1 Å². The summed E-state index contributed by atoms with van der Waals surface area (Å²) in [5.41, 5.74) is 1.59. The number of carbonyl (C=O) groups is 1. The van der Waals surface area contributed by atoms with Gasteiger partial charge in [0.15, 0.2) is 0 Å². The minimum absolute atomic E-state index is 0.0255. The standard InChI is InChI=1S/C20H25ClN10O/c1-11-24-19(22-2)27-20(25-11)26-15-5-3-4-13(8-15)18(32)23-10-14-7-6-12(9-16(14)21)17-28-30-31-29-17/h6-7,9,13,15H,3-5,8,10H2,1-2H3,(H,23,32)(H,28,29,30,31)(H2,22,24,25,26,27). The maximum atomic E-state index is 12.8. The summed E-state index contributed by atoms with van der Waals surface area (Å²) in [6.07, 6.45) is 3.49. The van der Waals surface area contributed by atoms with E-state index in [1.54, 1.807) is 13.1 Å². The lowest BCUT2D eigenvalue weighted by molar-refractivity contribution is -0.126. The molecule has 4 rings (SSSR count). The van der Waals surface area contributed by atoms with Gasteiger partial charge in [0, 0.05) is 36.1 Å². The number of halogens is 1. The predicted molar refractivity (Wildman–Crippen MR) is 120 cm³/mol. The first kappa shape index (κ1) is 21.9. The van der Waals surface area contributed by atoms with Crippen LogP contribution in [0.2, 0.25) is 5.02 Å². The number of H-pyrrole nitrogens is 1. The third kappa shape index (κ3) is 5.28. The van der Waals surface area contributed by atoms with E-state index in [1.165, 1.54) is 0 Å². The van der Waals surface area contributed by atoms with Crippen molar-refractivity contribution in [2.24, 2.45) is 5.92 Å². The molecule has 1 saturated carbocycles. The second kappa shape index (κ2) is 9.86. The summed E-state index contributed by atoms with van der Waals surface area (Å²) in [4.78, 5) is 25.7. The van der Waals surface area contributed by atoms with E-state index in [2.05, 4.69) is 51.5 Å². The molecule has 1 aromatic carbocycles. The molecule has 3 aromatic rings. The molecule has 2 unspecified atom stereocenters. The molecule has 12 heteroatoms. The van der Waals surface area contributed by atoms with Crippen molar-refractivity contribution in [2.75, 3.05) is 17.7 Å². The molecule has 1 aliphatic carbocycles. The van der Waals surface area contributed by atoms with Crippen LogP contribution in [0.5, 0.6) is 0 Å². The Labute approximate surface area is 190 Å². The average molecular weight is 457 g/mol. The molecule has 0 radical (unpaired) electrons. The van der Waals surface area contributed by atoms with Crippen LogP contribution in [0.25, 0.3) is 11.4 Å². The first-order valence-electron chi connectivity index (χ1n) is 10.5. The number of rotatable bonds is 7. The predicted octanol–water partition coefficient (Wildman–Crippen LogP) is 2.34. The zero-order valence-electron chi connectivity index (χ0n) is 17.9. The van der Waals surface area contributed by atoms with Crippen LogP contribution in [-0.2, 0) is 11.3 Å². The zero-order chi connectivity index (χ0) is 22.5. The molecule has 1 aliphatic rings. The monoisotopic (exact) mass is 456 g/mol. The quantitative estimate of drug-likeness (QED) is 0.420. The molecule has 2 aromatic heterocycles. The Hall–Kier alpha value is -3.34. The molecule has 11 nitrogen and oxygen atoms in total. The van der Waals surface area contributed by atoms with Gasteiger partial charge in [-0.2, -0.15) is 20.2 Å². The Balaban J connectivity index is 1.33. The van der Waals surface area contributed by atoms with E-state index in [-0.39, 0.29) is 17.9 Å². The smallest absolute Gasteiger partial charge is 0.227 e. The number of aryl methyl sites for hydroxylation is 1. The SMILES string of the molecule is CNc1nc(C)nc(NC2CCCC(C(=O)NCc3ccc(-c4nn[nH]n4)cc3Cl)C2)n1.